The van der Waals surface area contributed by atoms with Gasteiger partial charge < -0.3 is 15.5 Å². The molecule has 152 valence electrons. The highest BCUT2D eigenvalue weighted by Crippen LogP contribution is 2.30. The molecule has 1 heterocycles. The number of fused-ring (bicyclic) bond motifs is 1. The number of aryl methyl sites for hydroxylation is 1. The molecule has 0 unspecified atom stereocenters. The Hall–Kier alpha value is -3.60. The Morgan fingerprint density at radius 3 is 2.40 bits per heavy atom. The van der Waals surface area contributed by atoms with Crippen LogP contribution >= 0.6 is 0 Å². The van der Waals surface area contributed by atoms with E-state index in [2.05, 4.69) is 10.6 Å². The molecule has 4 rings (SSSR count). The second kappa shape index (κ2) is 9.27. The highest BCUT2D eigenvalue weighted by Gasteiger charge is 2.23. The molecule has 0 saturated heterocycles. The molecule has 0 aromatic heterocycles. The summed E-state index contributed by atoms with van der Waals surface area (Å²) in [6, 6.07) is 24.9. The van der Waals surface area contributed by atoms with E-state index in [1.165, 1.54) is 5.56 Å². The van der Waals surface area contributed by atoms with Crippen molar-refractivity contribution in [3.05, 3.63) is 95.6 Å². The lowest BCUT2D eigenvalue weighted by atomic mass is 10.00. The minimum Gasteiger partial charge on any atom is -0.338 e. The Morgan fingerprint density at radius 1 is 0.900 bits per heavy atom. The van der Waals surface area contributed by atoms with Gasteiger partial charge in [0.2, 0.25) is 0 Å². The number of carbonyl (C=O) groups excluding carboxylic acids is 2. The molecule has 30 heavy (non-hydrogen) atoms. The fraction of sp³-hybridized carbons (Fsp3) is 0.200. The zero-order valence-electron chi connectivity index (χ0n) is 16.8. The topological polar surface area (TPSA) is 61.4 Å². The fourth-order valence-electron chi connectivity index (χ4n) is 3.76. The number of anilines is 2. The number of urea groups is 1. The van der Waals surface area contributed by atoms with E-state index in [-0.39, 0.29) is 11.9 Å². The van der Waals surface area contributed by atoms with Crippen molar-refractivity contribution in [1.82, 2.24) is 5.32 Å². The summed E-state index contributed by atoms with van der Waals surface area (Å²) in [5.74, 6) is 0.0101. The van der Waals surface area contributed by atoms with E-state index in [0.717, 1.165) is 36.2 Å². The predicted octanol–water partition coefficient (Wildman–Crippen LogP) is 4.64. The lowest BCUT2D eigenvalue weighted by Gasteiger charge is -2.30. The largest absolute Gasteiger partial charge is 0.338 e. The van der Waals surface area contributed by atoms with Crippen LogP contribution in [0.15, 0.2) is 78.9 Å². The average molecular weight is 399 g/mol. The highest BCUT2D eigenvalue weighted by molar-refractivity contribution is 6.07. The summed E-state index contributed by atoms with van der Waals surface area (Å²) < 4.78 is 0. The molecule has 3 amide bonds. The quantitative estimate of drug-likeness (QED) is 0.656. The monoisotopic (exact) mass is 399 g/mol. The maximum absolute atomic E-state index is 12.9. The van der Waals surface area contributed by atoms with Crippen LogP contribution < -0.4 is 15.5 Å². The van der Waals surface area contributed by atoms with Gasteiger partial charge in [0, 0.05) is 30.0 Å². The molecular formula is C25H25N3O2. The molecule has 2 N–H and O–H groups in total. The van der Waals surface area contributed by atoms with Crippen molar-refractivity contribution >= 4 is 23.3 Å². The van der Waals surface area contributed by atoms with Crippen molar-refractivity contribution in [3.8, 4) is 0 Å². The van der Waals surface area contributed by atoms with Gasteiger partial charge in [-0.15, -0.1) is 0 Å². The van der Waals surface area contributed by atoms with E-state index in [1.807, 2.05) is 83.8 Å². The normalized spacial score (nSPS) is 12.7. The van der Waals surface area contributed by atoms with E-state index in [1.54, 1.807) is 0 Å². The third-order valence-electron chi connectivity index (χ3n) is 5.26. The van der Waals surface area contributed by atoms with Crippen LogP contribution in [0.1, 0.15) is 27.9 Å². The van der Waals surface area contributed by atoms with Crippen molar-refractivity contribution in [1.29, 1.82) is 0 Å². The summed E-state index contributed by atoms with van der Waals surface area (Å²) in [5.41, 5.74) is 4.61. The van der Waals surface area contributed by atoms with Gasteiger partial charge in [0.05, 0.1) is 0 Å². The lowest BCUT2D eigenvalue weighted by Crippen LogP contribution is -2.35. The third kappa shape index (κ3) is 4.69. The van der Waals surface area contributed by atoms with Crippen LogP contribution in [-0.4, -0.2) is 25.0 Å². The Morgan fingerprint density at radius 2 is 1.63 bits per heavy atom. The number of benzene rings is 3. The SMILES string of the molecule is O=C(NCCc1ccccc1)Nc1ccc2c(c1)CCCN2C(=O)c1ccccc1. The fourth-order valence-corrected chi connectivity index (χ4v) is 3.76. The van der Waals surface area contributed by atoms with Gasteiger partial charge in [-0.1, -0.05) is 48.5 Å². The molecule has 0 bridgehead atoms. The number of amides is 3. The summed E-state index contributed by atoms with van der Waals surface area (Å²) in [4.78, 5) is 27.0. The molecule has 0 spiro atoms. The third-order valence-corrected chi connectivity index (χ3v) is 5.26. The Labute approximate surface area is 176 Å². The standard InChI is InChI=1S/C25H25N3O2/c29-24(20-10-5-2-6-11-20)28-17-7-12-21-18-22(13-14-23(21)28)27-25(30)26-16-15-19-8-3-1-4-9-19/h1-6,8-11,13-14,18H,7,12,15-17H2,(H2,26,27,30). The minimum atomic E-state index is -0.223. The summed E-state index contributed by atoms with van der Waals surface area (Å²) in [6.07, 6.45) is 2.58. The number of carbonyl (C=O) groups is 2. The van der Waals surface area contributed by atoms with E-state index in [4.69, 9.17) is 0 Å². The van der Waals surface area contributed by atoms with Gasteiger partial charge >= 0.3 is 6.03 Å². The van der Waals surface area contributed by atoms with Crippen molar-refractivity contribution < 1.29 is 9.59 Å². The lowest BCUT2D eigenvalue weighted by molar-refractivity contribution is 0.0985. The van der Waals surface area contributed by atoms with Gasteiger partial charge in [-0.05, 0) is 60.7 Å². The van der Waals surface area contributed by atoms with Crippen LogP contribution in [0.4, 0.5) is 16.2 Å². The van der Waals surface area contributed by atoms with Gasteiger partial charge in [0.1, 0.15) is 0 Å². The Kier molecular flexibility index (Phi) is 6.09. The van der Waals surface area contributed by atoms with Crippen molar-refractivity contribution in [2.45, 2.75) is 19.3 Å². The first kappa shape index (κ1) is 19.7. The molecular weight excluding hydrogens is 374 g/mol. The number of rotatable bonds is 5. The Bertz CT molecular complexity index is 1020. The van der Waals surface area contributed by atoms with E-state index < -0.39 is 0 Å². The van der Waals surface area contributed by atoms with Gasteiger partial charge in [-0.25, -0.2) is 4.79 Å². The molecule has 0 aliphatic carbocycles. The minimum absolute atomic E-state index is 0.0101. The number of nitrogens with zero attached hydrogens (tertiary/aromatic N) is 1. The van der Waals surface area contributed by atoms with E-state index >= 15 is 0 Å². The van der Waals surface area contributed by atoms with Gasteiger partial charge in [-0.3, -0.25) is 4.79 Å². The summed E-state index contributed by atoms with van der Waals surface area (Å²) >= 11 is 0. The van der Waals surface area contributed by atoms with Gasteiger partial charge in [-0.2, -0.15) is 0 Å². The molecule has 3 aromatic rings. The zero-order chi connectivity index (χ0) is 20.8. The first-order valence-electron chi connectivity index (χ1n) is 10.3. The molecule has 1 aliphatic rings. The van der Waals surface area contributed by atoms with Crippen LogP contribution in [0.5, 0.6) is 0 Å². The van der Waals surface area contributed by atoms with Crippen LogP contribution in [0.3, 0.4) is 0 Å². The van der Waals surface area contributed by atoms with Crippen LogP contribution in [-0.2, 0) is 12.8 Å². The molecule has 1 aliphatic heterocycles. The smallest absolute Gasteiger partial charge is 0.319 e. The maximum atomic E-state index is 12.9. The van der Waals surface area contributed by atoms with E-state index in [0.29, 0.717) is 18.7 Å². The molecule has 0 radical (unpaired) electrons. The number of hydrogen-bond donors (Lipinski definition) is 2. The van der Waals surface area contributed by atoms with E-state index in [9.17, 15) is 9.59 Å². The first-order valence-corrected chi connectivity index (χ1v) is 10.3. The van der Waals surface area contributed by atoms with Crippen molar-refractivity contribution in [2.24, 2.45) is 0 Å². The average Bonchev–Trinajstić information content (AvgIpc) is 2.79. The number of nitrogens with one attached hydrogen (secondary N) is 2. The summed E-state index contributed by atoms with van der Waals surface area (Å²) in [7, 11) is 0. The molecule has 0 fully saturated rings. The molecule has 5 heteroatoms. The first-order chi connectivity index (χ1) is 14.7. The van der Waals surface area contributed by atoms with Crippen LogP contribution in [0.25, 0.3) is 0 Å². The van der Waals surface area contributed by atoms with Crippen LogP contribution in [0.2, 0.25) is 0 Å². The van der Waals surface area contributed by atoms with Crippen LogP contribution in [0, 0.1) is 0 Å². The highest BCUT2D eigenvalue weighted by atomic mass is 16.2. The van der Waals surface area contributed by atoms with Gasteiger partial charge in [0.25, 0.3) is 5.91 Å². The number of hydrogen-bond acceptors (Lipinski definition) is 2. The second-order valence-corrected chi connectivity index (χ2v) is 7.39. The molecule has 0 saturated carbocycles. The maximum Gasteiger partial charge on any atom is 0.319 e. The second-order valence-electron chi connectivity index (χ2n) is 7.39. The van der Waals surface area contributed by atoms with Gasteiger partial charge in [0.15, 0.2) is 0 Å². The van der Waals surface area contributed by atoms with Crippen molar-refractivity contribution in [2.75, 3.05) is 23.3 Å². The molecule has 5 nitrogen and oxygen atoms in total. The molecule has 0 atom stereocenters. The van der Waals surface area contributed by atoms with Crippen molar-refractivity contribution in [3.63, 3.8) is 0 Å². The zero-order valence-corrected chi connectivity index (χ0v) is 16.8. The predicted molar refractivity (Wildman–Crippen MR) is 120 cm³/mol. The summed E-state index contributed by atoms with van der Waals surface area (Å²) in [5, 5.41) is 5.79. The Balaban J connectivity index is 1.38. The molecule has 3 aromatic carbocycles. The summed E-state index contributed by atoms with van der Waals surface area (Å²) in [6.45, 7) is 1.27.